The molecule has 4 nitrogen and oxygen atoms in total. The molecule has 2 aromatic carbocycles. The van der Waals surface area contributed by atoms with Crippen molar-refractivity contribution < 1.29 is 13.2 Å². The van der Waals surface area contributed by atoms with Crippen molar-refractivity contribution in [3.63, 3.8) is 0 Å². The van der Waals surface area contributed by atoms with E-state index < -0.39 is 11.1 Å². The van der Waals surface area contributed by atoms with Gasteiger partial charge in [-0.2, -0.15) is 0 Å². The summed E-state index contributed by atoms with van der Waals surface area (Å²) in [6, 6.07) is 18.9. The first-order valence-electron chi connectivity index (χ1n) is 8.12. The Morgan fingerprint density at radius 1 is 1.00 bits per heavy atom. The van der Waals surface area contributed by atoms with Gasteiger partial charge in [0.05, 0.1) is 4.90 Å². The number of hydrogen-bond donors (Lipinski definition) is 0. The Morgan fingerprint density at radius 2 is 1.62 bits per heavy atom. The molecule has 0 aliphatic heterocycles. The smallest absolute Gasteiger partial charge is 0.250 e. The lowest BCUT2D eigenvalue weighted by Crippen LogP contribution is -2.36. The molecule has 2 aromatic rings. The third kappa shape index (κ3) is 5.91. The van der Waals surface area contributed by atoms with E-state index in [0.717, 1.165) is 12.8 Å². The van der Waals surface area contributed by atoms with Crippen LogP contribution >= 0.6 is 0 Å². The lowest BCUT2D eigenvalue weighted by Gasteiger charge is -2.22. The van der Waals surface area contributed by atoms with Gasteiger partial charge in [0.25, 0.3) is 0 Å². The fourth-order valence-corrected chi connectivity index (χ4v) is 3.06. The number of benzene rings is 2. The zero-order chi connectivity index (χ0) is 17.2. The van der Waals surface area contributed by atoms with Crippen LogP contribution in [0.1, 0.15) is 18.9 Å². The normalized spacial score (nSPS) is 11.9. The highest BCUT2D eigenvalue weighted by Crippen LogP contribution is 2.08. The number of carbonyl (C=O) groups excluding carboxylic acids is 1. The van der Waals surface area contributed by atoms with Gasteiger partial charge in [-0.25, -0.2) is 4.21 Å². The van der Waals surface area contributed by atoms with Gasteiger partial charge >= 0.3 is 0 Å². The molecule has 0 radical (unpaired) electrons. The van der Waals surface area contributed by atoms with Gasteiger partial charge in [-0.15, -0.1) is 0 Å². The Balaban J connectivity index is 1.85. The summed E-state index contributed by atoms with van der Waals surface area (Å²) in [7, 11) is 0. The van der Waals surface area contributed by atoms with Crippen molar-refractivity contribution in [2.45, 2.75) is 24.7 Å². The van der Waals surface area contributed by atoms with Gasteiger partial charge in [0, 0.05) is 13.1 Å². The van der Waals surface area contributed by atoms with Crippen molar-refractivity contribution in [1.82, 2.24) is 4.90 Å². The minimum Gasteiger partial charge on any atom is -0.340 e. The molecule has 0 spiro atoms. The summed E-state index contributed by atoms with van der Waals surface area (Å²) in [5.74, 6) is -0.128. The van der Waals surface area contributed by atoms with E-state index in [-0.39, 0.29) is 12.5 Å². The van der Waals surface area contributed by atoms with E-state index >= 15 is 0 Å². The van der Waals surface area contributed by atoms with Gasteiger partial charge < -0.3 is 4.90 Å². The molecule has 0 fully saturated rings. The molecule has 0 aliphatic carbocycles. The Hall–Kier alpha value is -1.98. The maximum absolute atomic E-state index is 12.4. The monoisotopic (exact) mass is 345 g/mol. The topological polar surface area (TPSA) is 46.6 Å². The molecule has 0 heterocycles. The van der Waals surface area contributed by atoms with Crippen molar-refractivity contribution in [1.29, 1.82) is 0 Å². The Kier molecular flexibility index (Phi) is 7.65. The minimum absolute atomic E-state index is 0.128. The van der Waals surface area contributed by atoms with Crippen LogP contribution in [0, 0.1) is 0 Å². The fraction of sp³-hybridized carbons (Fsp3) is 0.316. The molecule has 128 valence electrons. The quantitative estimate of drug-likeness (QED) is 0.701. The van der Waals surface area contributed by atoms with Crippen LogP contribution in [-0.2, 0) is 26.5 Å². The molecule has 0 bridgehead atoms. The maximum atomic E-state index is 12.4. The standard InChI is InChI=1S/C19H23NO3S/c1-2-14-20(15-13-17-9-5-3-6-10-17)19(21)16-23-24(22)18-11-7-4-8-12-18/h3-12H,2,13-16H2,1H3. The molecule has 0 aliphatic rings. The summed E-state index contributed by atoms with van der Waals surface area (Å²) in [6.07, 6.45) is 1.68. The first-order chi connectivity index (χ1) is 11.7. The van der Waals surface area contributed by atoms with Crippen LogP contribution in [0.3, 0.4) is 0 Å². The van der Waals surface area contributed by atoms with Crippen molar-refractivity contribution in [3.05, 3.63) is 66.2 Å². The van der Waals surface area contributed by atoms with Crippen LogP contribution in [0.5, 0.6) is 0 Å². The molecular weight excluding hydrogens is 322 g/mol. The third-order valence-electron chi connectivity index (χ3n) is 3.58. The molecule has 2 rings (SSSR count). The van der Waals surface area contributed by atoms with E-state index in [1.807, 2.05) is 31.2 Å². The average Bonchev–Trinajstić information content (AvgIpc) is 2.64. The van der Waals surface area contributed by atoms with Crippen molar-refractivity contribution in [2.75, 3.05) is 19.7 Å². The van der Waals surface area contributed by atoms with Crippen LogP contribution < -0.4 is 0 Å². The fourth-order valence-electron chi connectivity index (χ4n) is 2.33. The largest absolute Gasteiger partial charge is 0.340 e. The highest BCUT2D eigenvalue weighted by atomic mass is 32.2. The van der Waals surface area contributed by atoms with Crippen molar-refractivity contribution in [3.8, 4) is 0 Å². The van der Waals surface area contributed by atoms with Crippen molar-refractivity contribution in [2.24, 2.45) is 0 Å². The first kappa shape index (κ1) is 18.4. The van der Waals surface area contributed by atoms with Crippen molar-refractivity contribution >= 4 is 17.0 Å². The summed E-state index contributed by atoms with van der Waals surface area (Å²) in [4.78, 5) is 14.7. The van der Waals surface area contributed by atoms with E-state index in [1.54, 1.807) is 29.2 Å². The SMILES string of the molecule is CCCN(CCc1ccccc1)C(=O)COS(=O)c1ccccc1. The summed E-state index contributed by atoms with van der Waals surface area (Å²) < 4.78 is 17.3. The molecule has 0 aromatic heterocycles. The van der Waals surface area contributed by atoms with Gasteiger partial charge in [0.15, 0.2) is 11.1 Å². The predicted molar refractivity (Wildman–Crippen MR) is 95.8 cm³/mol. The maximum Gasteiger partial charge on any atom is 0.250 e. The van der Waals surface area contributed by atoms with Crippen LogP contribution in [-0.4, -0.2) is 34.7 Å². The summed E-state index contributed by atoms with van der Waals surface area (Å²) in [5, 5.41) is 0. The molecule has 1 amide bonds. The van der Waals surface area contributed by atoms with Gasteiger partial charge in [0.1, 0.15) is 6.61 Å². The highest BCUT2D eigenvalue weighted by molar-refractivity contribution is 7.80. The second-order valence-electron chi connectivity index (χ2n) is 5.43. The van der Waals surface area contributed by atoms with E-state index in [4.69, 9.17) is 4.18 Å². The van der Waals surface area contributed by atoms with E-state index in [9.17, 15) is 9.00 Å². The van der Waals surface area contributed by atoms with Crippen LogP contribution in [0.25, 0.3) is 0 Å². The summed E-state index contributed by atoms with van der Waals surface area (Å²) in [6.45, 7) is 3.17. The second-order valence-corrected chi connectivity index (χ2v) is 6.60. The van der Waals surface area contributed by atoms with Crippen LogP contribution in [0.2, 0.25) is 0 Å². The molecule has 0 N–H and O–H groups in total. The zero-order valence-electron chi connectivity index (χ0n) is 13.9. The summed E-state index contributed by atoms with van der Waals surface area (Å²) in [5.41, 5.74) is 1.19. The zero-order valence-corrected chi connectivity index (χ0v) is 14.7. The number of carbonyl (C=O) groups is 1. The van der Waals surface area contributed by atoms with E-state index in [1.165, 1.54) is 5.56 Å². The van der Waals surface area contributed by atoms with E-state index in [0.29, 0.717) is 18.0 Å². The highest BCUT2D eigenvalue weighted by Gasteiger charge is 2.15. The average molecular weight is 345 g/mol. The lowest BCUT2D eigenvalue weighted by atomic mass is 10.1. The molecule has 1 atom stereocenters. The molecule has 0 saturated carbocycles. The third-order valence-corrected chi connectivity index (χ3v) is 4.57. The number of amides is 1. The van der Waals surface area contributed by atoms with Gasteiger partial charge in [-0.1, -0.05) is 55.5 Å². The minimum atomic E-state index is -1.61. The lowest BCUT2D eigenvalue weighted by molar-refractivity contribution is -0.133. The Bertz CT molecular complexity index is 646. The number of rotatable bonds is 9. The van der Waals surface area contributed by atoms with Crippen LogP contribution in [0.4, 0.5) is 0 Å². The molecule has 5 heteroatoms. The Labute approximate surface area is 146 Å². The molecule has 1 unspecified atom stereocenters. The summed E-state index contributed by atoms with van der Waals surface area (Å²) >= 11 is -1.61. The van der Waals surface area contributed by atoms with Gasteiger partial charge in [-0.05, 0) is 30.5 Å². The van der Waals surface area contributed by atoms with Gasteiger partial charge in [0.2, 0.25) is 5.91 Å². The molecular formula is C19H23NO3S. The van der Waals surface area contributed by atoms with E-state index in [2.05, 4.69) is 12.1 Å². The van der Waals surface area contributed by atoms with Crippen LogP contribution in [0.15, 0.2) is 65.6 Å². The second kappa shape index (κ2) is 10.0. The van der Waals surface area contributed by atoms with Gasteiger partial charge in [-0.3, -0.25) is 8.98 Å². The molecule has 24 heavy (non-hydrogen) atoms. The molecule has 0 saturated heterocycles. The predicted octanol–water partition coefficient (Wildman–Crippen LogP) is 3.21. The first-order valence-corrected chi connectivity index (χ1v) is 9.20. The number of hydrogen-bond acceptors (Lipinski definition) is 3. The Morgan fingerprint density at radius 3 is 2.25 bits per heavy atom. The number of nitrogens with zero attached hydrogens (tertiary/aromatic N) is 1.